The first-order valence-corrected chi connectivity index (χ1v) is 11.8. The maximum absolute atomic E-state index is 13.4. The van der Waals surface area contributed by atoms with E-state index in [9.17, 15) is 13.2 Å². The van der Waals surface area contributed by atoms with Gasteiger partial charge in [-0.3, -0.25) is 9.10 Å². The largest absolute Gasteiger partial charge is 0.354 e. The second-order valence-electron chi connectivity index (χ2n) is 7.37. The van der Waals surface area contributed by atoms with E-state index in [0.717, 1.165) is 15.4 Å². The van der Waals surface area contributed by atoms with Crippen molar-refractivity contribution in [2.45, 2.75) is 24.7 Å². The van der Waals surface area contributed by atoms with Gasteiger partial charge in [-0.2, -0.15) is 0 Å². The van der Waals surface area contributed by atoms with Crippen LogP contribution in [0.3, 0.4) is 0 Å². The summed E-state index contributed by atoms with van der Waals surface area (Å²) in [6, 6.07) is 22.9. The van der Waals surface area contributed by atoms with Gasteiger partial charge in [-0.05, 0) is 54.3 Å². The van der Waals surface area contributed by atoms with E-state index in [-0.39, 0.29) is 23.3 Å². The molecular formula is C24H25ClN2O3S. The third kappa shape index (κ3) is 5.66. The monoisotopic (exact) mass is 456 g/mol. The topological polar surface area (TPSA) is 66.5 Å². The first-order valence-electron chi connectivity index (χ1n) is 9.94. The lowest BCUT2D eigenvalue weighted by Crippen LogP contribution is -2.42. The van der Waals surface area contributed by atoms with Gasteiger partial charge in [-0.25, -0.2) is 8.42 Å². The summed E-state index contributed by atoms with van der Waals surface area (Å²) in [5, 5.41) is 3.31. The van der Waals surface area contributed by atoms with Crippen molar-refractivity contribution < 1.29 is 13.2 Å². The van der Waals surface area contributed by atoms with Crippen molar-refractivity contribution in [1.82, 2.24) is 5.32 Å². The zero-order valence-electron chi connectivity index (χ0n) is 17.5. The molecule has 1 N–H and O–H groups in total. The van der Waals surface area contributed by atoms with Crippen LogP contribution in [-0.4, -0.2) is 27.4 Å². The highest BCUT2D eigenvalue weighted by molar-refractivity contribution is 7.92. The molecule has 3 rings (SSSR count). The minimum Gasteiger partial charge on any atom is -0.354 e. The number of aryl methyl sites for hydroxylation is 1. The minimum atomic E-state index is -3.97. The van der Waals surface area contributed by atoms with Crippen molar-refractivity contribution in [3.8, 4) is 0 Å². The zero-order valence-corrected chi connectivity index (χ0v) is 19.0. The van der Waals surface area contributed by atoms with E-state index in [1.165, 1.54) is 24.3 Å². The lowest BCUT2D eigenvalue weighted by Gasteiger charge is -2.26. The van der Waals surface area contributed by atoms with E-state index >= 15 is 0 Å². The number of rotatable bonds is 8. The summed E-state index contributed by atoms with van der Waals surface area (Å²) in [4.78, 5) is 12.8. The Balaban J connectivity index is 1.83. The van der Waals surface area contributed by atoms with Gasteiger partial charge < -0.3 is 5.32 Å². The molecule has 0 bridgehead atoms. The fourth-order valence-corrected chi connectivity index (χ4v) is 4.84. The van der Waals surface area contributed by atoms with Gasteiger partial charge in [0.2, 0.25) is 5.91 Å². The number of nitrogens with zero attached hydrogens (tertiary/aromatic N) is 1. The lowest BCUT2D eigenvalue weighted by molar-refractivity contribution is -0.119. The molecule has 0 radical (unpaired) electrons. The quantitative estimate of drug-likeness (QED) is 0.531. The summed E-state index contributed by atoms with van der Waals surface area (Å²) >= 11 is 5.92. The zero-order chi connectivity index (χ0) is 22.4. The number of hydrogen-bond donors (Lipinski definition) is 1. The van der Waals surface area contributed by atoms with Gasteiger partial charge >= 0.3 is 0 Å². The van der Waals surface area contributed by atoms with E-state index in [1.54, 1.807) is 12.1 Å². The van der Waals surface area contributed by atoms with Crippen LogP contribution in [0, 0.1) is 6.92 Å². The van der Waals surface area contributed by atoms with Gasteiger partial charge in [0.25, 0.3) is 10.0 Å². The molecule has 0 heterocycles. The second-order valence-corrected chi connectivity index (χ2v) is 9.67. The maximum Gasteiger partial charge on any atom is 0.264 e. The number of carbonyl (C=O) groups excluding carboxylic acids is 1. The van der Waals surface area contributed by atoms with Crippen molar-refractivity contribution in [2.75, 3.05) is 17.4 Å². The molecule has 0 aliphatic carbocycles. The minimum absolute atomic E-state index is 0.0746. The number of amides is 1. The molecular weight excluding hydrogens is 432 g/mol. The van der Waals surface area contributed by atoms with Crippen LogP contribution in [0.2, 0.25) is 5.02 Å². The Morgan fingerprint density at radius 1 is 0.968 bits per heavy atom. The molecule has 0 aliphatic heterocycles. The number of nitrogens with one attached hydrogen (secondary N) is 1. The second kappa shape index (κ2) is 9.98. The molecule has 0 fully saturated rings. The number of halogens is 1. The van der Waals surface area contributed by atoms with Crippen LogP contribution >= 0.6 is 11.6 Å². The average molecular weight is 457 g/mol. The van der Waals surface area contributed by atoms with Gasteiger partial charge in [0.1, 0.15) is 6.54 Å². The Bertz CT molecular complexity index is 1130. The van der Waals surface area contributed by atoms with Crippen LogP contribution in [0.1, 0.15) is 24.0 Å². The average Bonchev–Trinajstić information content (AvgIpc) is 2.77. The van der Waals surface area contributed by atoms with Gasteiger partial charge in [0.15, 0.2) is 0 Å². The van der Waals surface area contributed by atoms with Crippen LogP contribution in [0.5, 0.6) is 0 Å². The van der Waals surface area contributed by atoms with Gasteiger partial charge in [0.05, 0.1) is 10.6 Å². The van der Waals surface area contributed by atoms with Crippen molar-refractivity contribution in [2.24, 2.45) is 0 Å². The van der Waals surface area contributed by atoms with Crippen LogP contribution in [0.15, 0.2) is 83.8 Å². The van der Waals surface area contributed by atoms with E-state index in [4.69, 9.17) is 11.6 Å². The molecule has 0 saturated carbocycles. The molecule has 3 aromatic rings. The van der Waals surface area contributed by atoms with Crippen molar-refractivity contribution in [3.05, 3.63) is 95.0 Å². The van der Waals surface area contributed by atoms with Gasteiger partial charge in [0, 0.05) is 11.6 Å². The van der Waals surface area contributed by atoms with E-state index in [1.807, 2.05) is 56.3 Å². The molecule has 0 spiro atoms. The third-order valence-corrected chi connectivity index (χ3v) is 7.07. The summed E-state index contributed by atoms with van der Waals surface area (Å²) in [6.45, 7) is 3.91. The van der Waals surface area contributed by atoms with Crippen LogP contribution in [0.4, 0.5) is 5.69 Å². The summed E-state index contributed by atoms with van der Waals surface area (Å²) in [5.41, 5.74) is 2.32. The number of anilines is 1. The highest BCUT2D eigenvalue weighted by atomic mass is 35.5. The standard InChI is InChI=1S/C24H25ClN2O3S/c1-18-8-6-7-11-23(18)27(31(29,30)22-14-12-21(25)13-15-22)17-24(28)26-16-19(2)20-9-4-3-5-10-20/h3-15,19H,16-17H2,1-2H3,(H,26,28)/t19-/m0/s1. The Hall–Kier alpha value is -2.83. The van der Waals surface area contributed by atoms with Crippen molar-refractivity contribution >= 4 is 33.2 Å². The molecule has 1 amide bonds. The maximum atomic E-state index is 13.4. The lowest BCUT2D eigenvalue weighted by atomic mass is 10.0. The van der Waals surface area contributed by atoms with E-state index < -0.39 is 10.0 Å². The molecule has 7 heteroatoms. The predicted molar refractivity (Wildman–Crippen MR) is 125 cm³/mol. The molecule has 5 nitrogen and oxygen atoms in total. The number of hydrogen-bond acceptors (Lipinski definition) is 3. The summed E-state index contributed by atoms with van der Waals surface area (Å²) in [6.07, 6.45) is 0. The number of benzene rings is 3. The number of sulfonamides is 1. The fourth-order valence-electron chi connectivity index (χ4n) is 3.23. The Morgan fingerprint density at radius 3 is 2.23 bits per heavy atom. The number of carbonyl (C=O) groups is 1. The smallest absolute Gasteiger partial charge is 0.264 e. The van der Waals surface area contributed by atoms with Crippen molar-refractivity contribution in [1.29, 1.82) is 0 Å². The first-order chi connectivity index (χ1) is 14.8. The molecule has 3 aromatic carbocycles. The fraction of sp³-hybridized carbons (Fsp3) is 0.208. The molecule has 1 atom stereocenters. The Kier molecular flexibility index (Phi) is 7.36. The summed E-state index contributed by atoms with van der Waals surface area (Å²) in [5.74, 6) is -0.270. The van der Waals surface area contributed by atoms with E-state index in [0.29, 0.717) is 17.3 Å². The van der Waals surface area contributed by atoms with Crippen molar-refractivity contribution in [3.63, 3.8) is 0 Å². The normalized spacial score (nSPS) is 12.2. The molecule has 0 unspecified atom stereocenters. The molecule has 0 aromatic heterocycles. The van der Waals surface area contributed by atoms with E-state index in [2.05, 4.69) is 5.32 Å². The summed E-state index contributed by atoms with van der Waals surface area (Å²) < 4.78 is 27.9. The van der Waals surface area contributed by atoms with Gasteiger partial charge in [-0.15, -0.1) is 0 Å². The van der Waals surface area contributed by atoms with Crippen LogP contribution in [-0.2, 0) is 14.8 Å². The highest BCUT2D eigenvalue weighted by Crippen LogP contribution is 2.27. The highest BCUT2D eigenvalue weighted by Gasteiger charge is 2.28. The molecule has 0 saturated heterocycles. The van der Waals surface area contributed by atoms with Gasteiger partial charge in [-0.1, -0.05) is 67.1 Å². The van der Waals surface area contributed by atoms with Crippen LogP contribution < -0.4 is 9.62 Å². The Labute approximate surface area is 188 Å². The van der Waals surface area contributed by atoms with Crippen LogP contribution in [0.25, 0.3) is 0 Å². The molecule has 0 aliphatic rings. The predicted octanol–water partition coefficient (Wildman–Crippen LogP) is 4.76. The summed E-state index contributed by atoms with van der Waals surface area (Å²) in [7, 11) is -3.97. The molecule has 162 valence electrons. The SMILES string of the molecule is Cc1ccccc1N(CC(=O)NC[C@H](C)c1ccccc1)S(=O)(=O)c1ccc(Cl)cc1. The first kappa shape index (κ1) is 22.8. The number of para-hydroxylation sites is 1. The Morgan fingerprint density at radius 2 is 1.58 bits per heavy atom. The molecule has 31 heavy (non-hydrogen) atoms. The third-order valence-electron chi connectivity index (χ3n) is 5.05.